The van der Waals surface area contributed by atoms with E-state index in [1.165, 1.54) is 22.7 Å². The van der Waals surface area contributed by atoms with Crippen LogP contribution in [-0.2, 0) is 25.1 Å². The Labute approximate surface area is 192 Å². The molecule has 0 aliphatic carbocycles. The van der Waals surface area contributed by atoms with Crippen molar-refractivity contribution in [1.82, 2.24) is 9.38 Å². The van der Waals surface area contributed by atoms with Crippen molar-refractivity contribution >= 4 is 33.1 Å². The fraction of sp³-hybridized carbons (Fsp3) is 0.238. The highest BCUT2D eigenvalue weighted by atomic mass is 35.5. The van der Waals surface area contributed by atoms with Gasteiger partial charge in [0.1, 0.15) is 22.8 Å². The number of nitrogens with zero attached hydrogens (tertiary/aromatic N) is 2. The molecule has 0 N–H and O–H groups in total. The zero-order chi connectivity index (χ0) is 24.2. The Kier molecular flexibility index (Phi) is 7.19. The number of carbonyl (C=O) groups excluding carboxylic acids is 1. The first-order valence-electron chi connectivity index (χ1n) is 9.36. The van der Waals surface area contributed by atoms with Gasteiger partial charge in [-0.25, -0.2) is 13.4 Å². The predicted molar refractivity (Wildman–Crippen MR) is 113 cm³/mol. The van der Waals surface area contributed by atoms with Crippen molar-refractivity contribution in [2.45, 2.75) is 19.0 Å². The van der Waals surface area contributed by atoms with Crippen molar-refractivity contribution in [3.8, 4) is 17.6 Å². The predicted octanol–water partition coefficient (Wildman–Crippen LogP) is 3.76. The molecule has 12 heteroatoms. The number of rotatable bonds is 6. The molecule has 0 saturated heterocycles. The van der Waals surface area contributed by atoms with Gasteiger partial charge in [-0.2, -0.15) is 0 Å². The minimum atomic E-state index is -4.86. The first-order chi connectivity index (χ1) is 15.5. The molecule has 0 aliphatic rings. The summed E-state index contributed by atoms with van der Waals surface area (Å²) in [7, 11) is -3.94. The smallest absolute Gasteiger partial charge is 0.465 e. The maximum atomic E-state index is 12.5. The van der Waals surface area contributed by atoms with Crippen LogP contribution in [0.3, 0.4) is 0 Å². The van der Waals surface area contributed by atoms with Gasteiger partial charge in [0.25, 0.3) is 0 Å². The summed E-state index contributed by atoms with van der Waals surface area (Å²) in [5.41, 5.74) is 0.743. The van der Waals surface area contributed by atoms with Gasteiger partial charge in [0.05, 0.1) is 23.1 Å². The van der Waals surface area contributed by atoms with Crippen LogP contribution in [0, 0.1) is 11.8 Å². The molecule has 0 aliphatic heterocycles. The molecule has 3 rings (SSSR count). The van der Waals surface area contributed by atoms with E-state index in [0.717, 1.165) is 12.1 Å². The third-order valence-electron chi connectivity index (χ3n) is 4.05. The van der Waals surface area contributed by atoms with Gasteiger partial charge in [0.15, 0.2) is 9.84 Å². The molecule has 2 aromatic heterocycles. The highest BCUT2D eigenvalue weighted by Gasteiger charge is 2.31. The van der Waals surface area contributed by atoms with E-state index in [9.17, 15) is 26.4 Å². The van der Waals surface area contributed by atoms with Crippen LogP contribution in [0.1, 0.15) is 23.9 Å². The van der Waals surface area contributed by atoms with Gasteiger partial charge < -0.3 is 9.47 Å². The Morgan fingerprint density at radius 2 is 1.97 bits per heavy atom. The van der Waals surface area contributed by atoms with E-state index >= 15 is 0 Å². The Balaban J connectivity index is 2.00. The Bertz CT molecular complexity index is 1360. The molecular formula is C21H16ClF3N2O5S. The summed E-state index contributed by atoms with van der Waals surface area (Å²) in [6.07, 6.45) is -3.39. The van der Waals surface area contributed by atoms with Crippen LogP contribution in [0.25, 0.3) is 5.65 Å². The number of imidazole rings is 1. The summed E-state index contributed by atoms with van der Waals surface area (Å²) in [4.78, 5) is 15.9. The number of sulfone groups is 1. The number of alkyl halides is 3. The summed E-state index contributed by atoms with van der Waals surface area (Å²) >= 11 is 6.04. The molecule has 174 valence electrons. The topological polar surface area (TPSA) is 87.0 Å². The number of halogens is 4. The van der Waals surface area contributed by atoms with Crippen LogP contribution in [0.4, 0.5) is 13.2 Å². The zero-order valence-corrected chi connectivity index (χ0v) is 18.6. The molecule has 0 bridgehead atoms. The third kappa shape index (κ3) is 6.87. The molecule has 2 heterocycles. The molecule has 33 heavy (non-hydrogen) atoms. The summed E-state index contributed by atoms with van der Waals surface area (Å²) in [5, 5.41) is 0.324. The molecule has 7 nitrogen and oxygen atoms in total. The normalized spacial score (nSPS) is 11.7. The van der Waals surface area contributed by atoms with Crippen molar-refractivity contribution < 1.29 is 35.9 Å². The monoisotopic (exact) mass is 500 g/mol. The number of esters is 1. The van der Waals surface area contributed by atoms with Crippen LogP contribution >= 0.6 is 11.6 Å². The van der Waals surface area contributed by atoms with Crippen LogP contribution in [0.5, 0.6) is 5.75 Å². The van der Waals surface area contributed by atoms with E-state index in [2.05, 4.69) is 21.6 Å². The van der Waals surface area contributed by atoms with Crippen molar-refractivity contribution in [2.75, 3.05) is 12.4 Å². The molecule has 3 aromatic rings. The second-order valence-electron chi connectivity index (χ2n) is 6.65. The lowest BCUT2D eigenvalue weighted by Crippen LogP contribution is -2.20. The number of ether oxygens (including phenoxy) is 2. The van der Waals surface area contributed by atoms with Crippen molar-refractivity contribution in [2.24, 2.45) is 0 Å². The molecular weight excluding hydrogens is 485 g/mol. The molecule has 0 fully saturated rings. The number of aromatic nitrogens is 2. The van der Waals surface area contributed by atoms with E-state index in [1.807, 2.05) is 0 Å². The van der Waals surface area contributed by atoms with Gasteiger partial charge in [0, 0.05) is 11.8 Å². The van der Waals surface area contributed by atoms with Crippen LogP contribution in [0.2, 0.25) is 5.02 Å². The van der Waals surface area contributed by atoms with Crippen LogP contribution in [-0.4, -0.2) is 42.5 Å². The van der Waals surface area contributed by atoms with Gasteiger partial charge in [-0.3, -0.25) is 9.20 Å². The van der Waals surface area contributed by atoms with E-state index in [0.29, 0.717) is 10.7 Å². The Morgan fingerprint density at radius 1 is 1.21 bits per heavy atom. The standard InChI is InChI=1S/C21H16ClF3N2O5S/c1-2-31-20(28)13-33(29,30)12-17-18(27-11-15(22)7-9-19(27)26-17)8-6-14-4-3-5-16(10-14)32-21(23,24)25/h3-5,7,9-11H,2,12-13H2,1H3. The van der Waals surface area contributed by atoms with Gasteiger partial charge in [-0.05, 0) is 43.2 Å². The van der Waals surface area contributed by atoms with Crippen LogP contribution < -0.4 is 4.74 Å². The molecule has 0 atom stereocenters. The first kappa shape index (κ1) is 24.4. The summed E-state index contributed by atoms with van der Waals surface area (Å²) in [5.74, 6) is 2.65. The highest BCUT2D eigenvalue weighted by molar-refractivity contribution is 7.91. The molecule has 0 radical (unpaired) electrons. The Hall–Kier alpha value is -3.23. The van der Waals surface area contributed by atoms with Gasteiger partial charge in [0.2, 0.25) is 0 Å². The Morgan fingerprint density at radius 3 is 2.67 bits per heavy atom. The molecule has 0 spiro atoms. The summed E-state index contributed by atoms with van der Waals surface area (Å²) in [6.45, 7) is 1.59. The van der Waals surface area contributed by atoms with Crippen LogP contribution in [0.15, 0.2) is 42.6 Å². The third-order valence-corrected chi connectivity index (χ3v) is 5.66. The van der Waals surface area contributed by atoms with E-state index in [-0.39, 0.29) is 23.6 Å². The van der Waals surface area contributed by atoms with Crippen molar-refractivity contribution in [3.05, 3.63) is 64.6 Å². The van der Waals surface area contributed by atoms with E-state index < -0.39 is 39.4 Å². The number of hydrogen-bond donors (Lipinski definition) is 0. The number of pyridine rings is 1. The fourth-order valence-corrected chi connectivity index (χ4v) is 4.17. The molecule has 0 unspecified atom stereocenters. The number of carbonyl (C=O) groups is 1. The lowest BCUT2D eigenvalue weighted by molar-refractivity contribution is -0.274. The number of hydrogen-bond acceptors (Lipinski definition) is 6. The average molecular weight is 501 g/mol. The summed E-state index contributed by atoms with van der Waals surface area (Å²) in [6, 6.07) is 8.11. The van der Waals surface area contributed by atoms with Gasteiger partial charge in [-0.15, -0.1) is 13.2 Å². The zero-order valence-electron chi connectivity index (χ0n) is 17.0. The highest BCUT2D eigenvalue weighted by Crippen LogP contribution is 2.23. The molecule has 0 amide bonds. The summed E-state index contributed by atoms with van der Waals surface area (Å²) < 4.78 is 72.4. The van der Waals surface area contributed by atoms with E-state index in [1.54, 1.807) is 19.1 Å². The fourth-order valence-electron chi connectivity index (χ4n) is 2.84. The number of benzene rings is 1. The average Bonchev–Trinajstić information content (AvgIpc) is 3.00. The number of fused-ring (bicyclic) bond motifs is 1. The van der Waals surface area contributed by atoms with Crippen molar-refractivity contribution in [1.29, 1.82) is 0 Å². The lowest BCUT2D eigenvalue weighted by atomic mass is 10.2. The quantitative estimate of drug-likeness (QED) is 0.378. The van der Waals surface area contributed by atoms with E-state index in [4.69, 9.17) is 16.3 Å². The van der Waals surface area contributed by atoms with Crippen molar-refractivity contribution in [3.63, 3.8) is 0 Å². The maximum Gasteiger partial charge on any atom is 0.573 e. The minimum Gasteiger partial charge on any atom is -0.465 e. The lowest BCUT2D eigenvalue weighted by Gasteiger charge is -2.08. The maximum absolute atomic E-state index is 12.5. The molecule has 1 aromatic carbocycles. The largest absolute Gasteiger partial charge is 0.573 e. The van der Waals surface area contributed by atoms with Gasteiger partial charge in [-0.1, -0.05) is 23.6 Å². The first-order valence-corrected chi connectivity index (χ1v) is 11.6. The second-order valence-corrected chi connectivity index (χ2v) is 9.15. The minimum absolute atomic E-state index is 0.0368. The molecule has 0 saturated carbocycles. The second kappa shape index (κ2) is 9.72. The van der Waals surface area contributed by atoms with Gasteiger partial charge >= 0.3 is 12.3 Å². The SMILES string of the molecule is CCOC(=O)CS(=O)(=O)Cc1nc2ccc(Cl)cn2c1C#Cc1cccc(OC(F)(F)F)c1.